The number of guanidine groups is 1. The molecule has 24 heavy (non-hydrogen) atoms. The molecule has 0 bridgehead atoms. The van der Waals surface area contributed by atoms with Gasteiger partial charge >= 0.3 is 0 Å². The number of aliphatic imine (C=N–C) groups is 1. The number of nitrogens with zero attached hydrogens (tertiary/aromatic N) is 5. The highest BCUT2D eigenvalue weighted by Crippen LogP contribution is 2.22. The van der Waals surface area contributed by atoms with Crippen LogP contribution in [0.2, 0.25) is 0 Å². The highest BCUT2D eigenvalue weighted by Gasteiger charge is 2.08. The Morgan fingerprint density at radius 3 is 3.00 bits per heavy atom. The predicted molar refractivity (Wildman–Crippen MR) is 93.4 cm³/mol. The molecular formula is C17H19N7. The standard InChI is InChI=1S/C17H19N7/c1-19-17(22-12-18)21-7-9-24-11-14(10-23-8-6-20-13-23)15-4-2-3-5-16(15)24/h2-6,8,11,13H,7,9-10H2,1H3,(H2,19,21,22). The number of nitrogens with one attached hydrogen (secondary N) is 2. The van der Waals surface area contributed by atoms with Gasteiger partial charge in [-0.1, -0.05) is 18.2 Å². The summed E-state index contributed by atoms with van der Waals surface area (Å²) in [6.45, 7) is 2.24. The SMILES string of the molecule is CN=C(NC#N)NCCn1cc(Cn2ccnc2)c2ccccc21. The maximum Gasteiger partial charge on any atom is 0.204 e. The summed E-state index contributed by atoms with van der Waals surface area (Å²) in [5, 5.41) is 15.5. The number of benzene rings is 1. The van der Waals surface area contributed by atoms with Crippen LogP contribution >= 0.6 is 0 Å². The molecule has 0 aliphatic rings. The first-order chi connectivity index (χ1) is 11.8. The van der Waals surface area contributed by atoms with Crippen LogP contribution in [-0.4, -0.2) is 33.7 Å². The van der Waals surface area contributed by atoms with Crippen LogP contribution in [0.15, 0.2) is 54.2 Å². The van der Waals surface area contributed by atoms with Gasteiger partial charge in [0.2, 0.25) is 5.96 Å². The molecule has 2 aromatic heterocycles. The molecule has 7 heteroatoms. The van der Waals surface area contributed by atoms with Gasteiger partial charge in [-0.15, -0.1) is 0 Å². The van der Waals surface area contributed by atoms with Crippen LogP contribution in [0.1, 0.15) is 5.56 Å². The molecule has 0 saturated carbocycles. The summed E-state index contributed by atoms with van der Waals surface area (Å²) in [5.41, 5.74) is 2.45. The normalized spacial score (nSPS) is 11.4. The maximum absolute atomic E-state index is 8.66. The van der Waals surface area contributed by atoms with Crippen molar-refractivity contribution >= 4 is 16.9 Å². The van der Waals surface area contributed by atoms with E-state index in [4.69, 9.17) is 5.26 Å². The average Bonchev–Trinajstić information content (AvgIpc) is 3.23. The summed E-state index contributed by atoms with van der Waals surface area (Å²) in [5.74, 6) is 0.479. The third-order valence-electron chi connectivity index (χ3n) is 3.83. The molecule has 1 aromatic carbocycles. The lowest BCUT2D eigenvalue weighted by Gasteiger charge is -2.08. The molecule has 0 fully saturated rings. The van der Waals surface area contributed by atoms with E-state index in [1.54, 1.807) is 13.2 Å². The molecule has 0 amide bonds. The first-order valence-electron chi connectivity index (χ1n) is 7.70. The summed E-state index contributed by atoms with van der Waals surface area (Å²) < 4.78 is 4.28. The summed E-state index contributed by atoms with van der Waals surface area (Å²) >= 11 is 0. The Balaban J connectivity index is 1.77. The minimum atomic E-state index is 0.479. The van der Waals surface area contributed by atoms with Crippen LogP contribution in [0.5, 0.6) is 0 Å². The molecule has 0 saturated heterocycles. The zero-order valence-electron chi connectivity index (χ0n) is 13.5. The van der Waals surface area contributed by atoms with E-state index in [9.17, 15) is 0 Å². The number of hydrogen-bond donors (Lipinski definition) is 2. The molecule has 122 valence electrons. The van der Waals surface area contributed by atoms with E-state index in [1.165, 1.54) is 16.5 Å². The summed E-state index contributed by atoms with van der Waals surface area (Å²) in [6.07, 6.45) is 9.62. The van der Waals surface area contributed by atoms with E-state index in [2.05, 4.69) is 54.1 Å². The van der Waals surface area contributed by atoms with Crippen molar-refractivity contribution in [3.63, 3.8) is 0 Å². The van der Waals surface area contributed by atoms with Crippen molar-refractivity contribution in [1.82, 2.24) is 24.8 Å². The van der Waals surface area contributed by atoms with Gasteiger partial charge in [0.25, 0.3) is 0 Å². The fourth-order valence-corrected chi connectivity index (χ4v) is 2.74. The lowest BCUT2D eigenvalue weighted by atomic mass is 10.2. The van der Waals surface area contributed by atoms with Gasteiger partial charge in [0, 0.05) is 49.6 Å². The van der Waals surface area contributed by atoms with E-state index in [1.807, 2.05) is 24.8 Å². The van der Waals surface area contributed by atoms with Crippen LogP contribution in [0.4, 0.5) is 0 Å². The molecule has 0 radical (unpaired) electrons. The molecule has 0 atom stereocenters. The van der Waals surface area contributed by atoms with Gasteiger partial charge in [-0.25, -0.2) is 4.98 Å². The van der Waals surface area contributed by atoms with Crippen molar-refractivity contribution < 1.29 is 0 Å². The molecule has 3 aromatic rings. The second-order valence-corrected chi connectivity index (χ2v) is 5.34. The zero-order chi connectivity index (χ0) is 16.8. The zero-order valence-corrected chi connectivity index (χ0v) is 13.5. The summed E-state index contributed by atoms with van der Waals surface area (Å²) in [6, 6.07) is 8.36. The average molecular weight is 321 g/mol. The molecule has 0 spiro atoms. The Labute approximate surface area is 140 Å². The smallest absolute Gasteiger partial charge is 0.204 e. The Morgan fingerprint density at radius 2 is 2.25 bits per heavy atom. The second-order valence-electron chi connectivity index (χ2n) is 5.34. The molecule has 0 unspecified atom stereocenters. The largest absolute Gasteiger partial charge is 0.354 e. The van der Waals surface area contributed by atoms with Crippen molar-refractivity contribution in [3.8, 4) is 6.19 Å². The number of fused-ring (bicyclic) bond motifs is 1. The second kappa shape index (κ2) is 7.33. The van der Waals surface area contributed by atoms with Gasteiger partial charge in [-0.05, 0) is 11.6 Å². The molecule has 2 N–H and O–H groups in total. The number of para-hydroxylation sites is 1. The number of imidazole rings is 1. The number of aromatic nitrogens is 3. The number of nitriles is 1. The first-order valence-corrected chi connectivity index (χ1v) is 7.70. The van der Waals surface area contributed by atoms with Gasteiger partial charge in [0.1, 0.15) is 0 Å². The van der Waals surface area contributed by atoms with E-state index < -0.39 is 0 Å². The van der Waals surface area contributed by atoms with Crippen LogP contribution in [-0.2, 0) is 13.1 Å². The van der Waals surface area contributed by atoms with Crippen molar-refractivity contribution in [2.24, 2.45) is 4.99 Å². The third-order valence-corrected chi connectivity index (χ3v) is 3.83. The lowest BCUT2D eigenvalue weighted by Crippen LogP contribution is -2.36. The number of hydrogen-bond acceptors (Lipinski definition) is 3. The molecular weight excluding hydrogens is 302 g/mol. The monoisotopic (exact) mass is 321 g/mol. The fourth-order valence-electron chi connectivity index (χ4n) is 2.74. The van der Waals surface area contributed by atoms with E-state index in [-0.39, 0.29) is 0 Å². The number of rotatable bonds is 5. The fraction of sp³-hybridized carbons (Fsp3) is 0.235. The first kappa shape index (κ1) is 15.6. The summed E-state index contributed by atoms with van der Waals surface area (Å²) in [4.78, 5) is 8.08. The van der Waals surface area contributed by atoms with Crippen LogP contribution < -0.4 is 10.6 Å². The Hall–Kier alpha value is -3.27. The Kier molecular flexibility index (Phi) is 4.77. The molecule has 0 aliphatic heterocycles. The molecule has 7 nitrogen and oxygen atoms in total. The van der Waals surface area contributed by atoms with E-state index in [0.717, 1.165) is 13.1 Å². The van der Waals surface area contributed by atoms with Crippen LogP contribution in [0.3, 0.4) is 0 Å². The molecule has 3 rings (SSSR count). The highest BCUT2D eigenvalue weighted by atomic mass is 15.2. The van der Waals surface area contributed by atoms with Crippen LogP contribution in [0.25, 0.3) is 10.9 Å². The van der Waals surface area contributed by atoms with Gasteiger partial charge in [0.05, 0.1) is 12.9 Å². The van der Waals surface area contributed by atoms with Crippen molar-refractivity contribution in [3.05, 3.63) is 54.7 Å². The van der Waals surface area contributed by atoms with Gasteiger partial charge < -0.3 is 14.5 Å². The lowest BCUT2D eigenvalue weighted by molar-refractivity contribution is 0.684. The van der Waals surface area contributed by atoms with Gasteiger partial charge in [-0.2, -0.15) is 5.26 Å². The van der Waals surface area contributed by atoms with Crippen LogP contribution in [0, 0.1) is 11.5 Å². The minimum absolute atomic E-state index is 0.479. The van der Waals surface area contributed by atoms with Gasteiger partial charge in [-0.3, -0.25) is 10.3 Å². The Morgan fingerprint density at radius 1 is 1.38 bits per heavy atom. The molecule has 2 heterocycles. The van der Waals surface area contributed by atoms with Gasteiger partial charge in [0.15, 0.2) is 6.19 Å². The quantitative estimate of drug-likeness (QED) is 0.323. The van der Waals surface area contributed by atoms with Crippen molar-refractivity contribution in [2.45, 2.75) is 13.1 Å². The van der Waals surface area contributed by atoms with E-state index >= 15 is 0 Å². The molecule has 0 aliphatic carbocycles. The van der Waals surface area contributed by atoms with E-state index in [0.29, 0.717) is 12.5 Å². The predicted octanol–water partition coefficient (Wildman–Crippen LogP) is 1.53. The summed E-state index contributed by atoms with van der Waals surface area (Å²) in [7, 11) is 1.64. The third kappa shape index (κ3) is 3.38. The highest BCUT2D eigenvalue weighted by molar-refractivity contribution is 5.84. The maximum atomic E-state index is 8.66. The van der Waals surface area contributed by atoms with Crippen molar-refractivity contribution in [2.75, 3.05) is 13.6 Å². The minimum Gasteiger partial charge on any atom is -0.354 e. The topological polar surface area (TPSA) is 83.0 Å². The van der Waals surface area contributed by atoms with Crippen molar-refractivity contribution in [1.29, 1.82) is 5.26 Å². The Bertz CT molecular complexity index is 868.